The lowest BCUT2D eigenvalue weighted by molar-refractivity contribution is 0.313. The molecule has 2 nitrogen and oxygen atoms in total. The van der Waals surface area contributed by atoms with Gasteiger partial charge in [0.25, 0.3) is 0 Å². The van der Waals surface area contributed by atoms with Crippen LogP contribution in [0.15, 0.2) is 36.4 Å². The lowest BCUT2D eigenvalue weighted by Gasteiger charge is -2.18. The van der Waals surface area contributed by atoms with E-state index in [1.165, 1.54) is 5.56 Å². The van der Waals surface area contributed by atoms with E-state index in [0.29, 0.717) is 12.5 Å². The fourth-order valence-corrected chi connectivity index (χ4v) is 2.09. The van der Waals surface area contributed by atoms with Gasteiger partial charge in [0.05, 0.1) is 6.61 Å². The smallest absolute Gasteiger partial charge is 0.122 e. The SMILES string of the molecule is C=C(C)CC(N)C1COc2ccccc21. The van der Waals surface area contributed by atoms with Crippen LogP contribution < -0.4 is 10.5 Å². The maximum Gasteiger partial charge on any atom is 0.122 e. The van der Waals surface area contributed by atoms with Gasteiger partial charge < -0.3 is 10.5 Å². The summed E-state index contributed by atoms with van der Waals surface area (Å²) in [6.07, 6.45) is 0.863. The Bertz CT molecular complexity index is 373. The van der Waals surface area contributed by atoms with Crippen molar-refractivity contribution in [1.82, 2.24) is 0 Å². The van der Waals surface area contributed by atoms with Gasteiger partial charge >= 0.3 is 0 Å². The molecule has 0 bridgehead atoms. The fourth-order valence-electron chi connectivity index (χ4n) is 2.09. The zero-order valence-electron chi connectivity index (χ0n) is 9.07. The van der Waals surface area contributed by atoms with Crippen molar-refractivity contribution in [3.05, 3.63) is 42.0 Å². The highest BCUT2D eigenvalue weighted by Crippen LogP contribution is 2.36. The lowest BCUT2D eigenvalue weighted by Crippen LogP contribution is -2.29. The second-order valence-corrected chi connectivity index (χ2v) is 4.28. The zero-order valence-corrected chi connectivity index (χ0v) is 9.07. The zero-order chi connectivity index (χ0) is 10.8. The van der Waals surface area contributed by atoms with Gasteiger partial charge in [-0.15, -0.1) is 6.58 Å². The number of rotatable bonds is 3. The van der Waals surface area contributed by atoms with Crippen LogP contribution >= 0.6 is 0 Å². The van der Waals surface area contributed by atoms with E-state index in [2.05, 4.69) is 12.6 Å². The molecule has 2 atom stereocenters. The third-order valence-electron chi connectivity index (χ3n) is 2.84. The first-order valence-electron chi connectivity index (χ1n) is 5.30. The molecule has 0 aromatic heterocycles. The second kappa shape index (κ2) is 4.07. The van der Waals surface area contributed by atoms with Crippen molar-refractivity contribution in [2.45, 2.75) is 25.3 Å². The van der Waals surface area contributed by atoms with E-state index in [0.717, 1.165) is 17.7 Å². The van der Waals surface area contributed by atoms with Crippen LogP contribution in [-0.4, -0.2) is 12.6 Å². The Morgan fingerprint density at radius 1 is 1.60 bits per heavy atom. The van der Waals surface area contributed by atoms with Crippen LogP contribution in [0.2, 0.25) is 0 Å². The van der Waals surface area contributed by atoms with Crippen LogP contribution in [0.4, 0.5) is 0 Å². The number of hydrogen-bond acceptors (Lipinski definition) is 2. The minimum atomic E-state index is 0.117. The van der Waals surface area contributed by atoms with Gasteiger partial charge in [0.15, 0.2) is 0 Å². The molecule has 2 N–H and O–H groups in total. The maximum atomic E-state index is 6.15. The highest BCUT2D eigenvalue weighted by molar-refractivity contribution is 5.40. The van der Waals surface area contributed by atoms with Crippen LogP contribution in [0, 0.1) is 0 Å². The quantitative estimate of drug-likeness (QED) is 0.766. The van der Waals surface area contributed by atoms with Crippen LogP contribution in [0.1, 0.15) is 24.8 Å². The van der Waals surface area contributed by atoms with Gasteiger partial charge in [-0.2, -0.15) is 0 Å². The largest absolute Gasteiger partial charge is 0.493 e. The number of para-hydroxylation sites is 1. The molecule has 0 saturated carbocycles. The summed E-state index contributed by atoms with van der Waals surface area (Å²) in [6.45, 7) is 6.62. The van der Waals surface area contributed by atoms with E-state index in [1.807, 2.05) is 25.1 Å². The number of nitrogens with two attached hydrogens (primary N) is 1. The summed E-state index contributed by atoms with van der Waals surface area (Å²) < 4.78 is 5.60. The molecule has 2 heteroatoms. The molecule has 0 amide bonds. The van der Waals surface area contributed by atoms with E-state index < -0.39 is 0 Å². The van der Waals surface area contributed by atoms with Crippen molar-refractivity contribution in [3.63, 3.8) is 0 Å². The summed E-state index contributed by atoms with van der Waals surface area (Å²) in [5.74, 6) is 1.30. The molecule has 0 spiro atoms. The summed E-state index contributed by atoms with van der Waals surface area (Å²) in [6, 6.07) is 8.25. The molecule has 0 saturated heterocycles. The van der Waals surface area contributed by atoms with Crippen LogP contribution in [0.25, 0.3) is 0 Å². The Labute approximate surface area is 90.7 Å². The van der Waals surface area contributed by atoms with Crippen molar-refractivity contribution in [2.75, 3.05) is 6.61 Å². The van der Waals surface area contributed by atoms with E-state index >= 15 is 0 Å². The Morgan fingerprint density at radius 2 is 2.33 bits per heavy atom. The van der Waals surface area contributed by atoms with E-state index in [-0.39, 0.29) is 6.04 Å². The summed E-state index contributed by atoms with van der Waals surface area (Å²) in [5, 5.41) is 0. The average Bonchev–Trinajstić information content (AvgIpc) is 2.59. The molecule has 1 aromatic carbocycles. The van der Waals surface area contributed by atoms with E-state index in [9.17, 15) is 0 Å². The van der Waals surface area contributed by atoms with E-state index in [1.54, 1.807) is 0 Å². The lowest BCUT2D eigenvalue weighted by atomic mass is 9.90. The third kappa shape index (κ3) is 2.05. The first kappa shape index (κ1) is 10.2. The minimum Gasteiger partial charge on any atom is -0.493 e. The summed E-state index contributed by atoms with van der Waals surface area (Å²) >= 11 is 0. The van der Waals surface area contributed by atoms with Crippen molar-refractivity contribution in [3.8, 4) is 5.75 Å². The van der Waals surface area contributed by atoms with Gasteiger partial charge in [0.2, 0.25) is 0 Å². The van der Waals surface area contributed by atoms with Gasteiger partial charge in [-0.1, -0.05) is 23.8 Å². The standard InChI is InChI=1S/C13H17NO/c1-9(2)7-12(14)11-8-15-13-6-4-3-5-10(11)13/h3-6,11-12H,1,7-8,14H2,2H3. The van der Waals surface area contributed by atoms with Gasteiger partial charge in [-0.05, 0) is 19.4 Å². The van der Waals surface area contributed by atoms with Crippen molar-refractivity contribution in [1.29, 1.82) is 0 Å². The van der Waals surface area contributed by atoms with Crippen LogP contribution in [0.5, 0.6) is 5.75 Å². The molecular formula is C13H17NO. The molecule has 0 aliphatic carbocycles. The van der Waals surface area contributed by atoms with Gasteiger partial charge in [0, 0.05) is 17.5 Å². The summed E-state index contributed by atoms with van der Waals surface area (Å²) in [7, 11) is 0. The molecule has 80 valence electrons. The molecule has 1 heterocycles. The highest BCUT2D eigenvalue weighted by atomic mass is 16.5. The number of hydrogen-bond donors (Lipinski definition) is 1. The second-order valence-electron chi connectivity index (χ2n) is 4.28. The predicted molar refractivity (Wildman–Crippen MR) is 62.1 cm³/mol. The topological polar surface area (TPSA) is 35.2 Å². The average molecular weight is 203 g/mol. The Balaban J connectivity index is 2.16. The Hall–Kier alpha value is -1.28. The molecule has 1 aromatic rings. The number of ether oxygens (including phenoxy) is 1. The molecule has 1 aliphatic rings. The molecule has 2 rings (SSSR count). The van der Waals surface area contributed by atoms with Crippen LogP contribution in [0.3, 0.4) is 0 Å². The first-order valence-corrected chi connectivity index (χ1v) is 5.30. The summed E-state index contributed by atoms with van der Waals surface area (Å²) in [4.78, 5) is 0. The molecule has 0 fully saturated rings. The fraction of sp³-hybridized carbons (Fsp3) is 0.385. The molecular weight excluding hydrogens is 186 g/mol. The number of fused-ring (bicyclic) bond motifs is 1. The molecule has 15 heavy (non-hydrogen) atoms. The number of benzene rings is 1. The van der Waals surface area contributed by atoms with Crippen LogP contribution in [-0.2, 0) is 0 Å². The molecule has 0 radical (unpaired) electrons. The normalized spacial score (nSPS) is 20.5. The first-order chi connectivity index (χ1) is 7.18. The Morgan fingerprint density at radius 3 is 3.07 bits per heavy atom. The maximum absolute atomic E-state index is 6.15. The molecule has 1 aliphatic heterocycles. The Kier molecular flexibility index (Phi) is 2.78. The monoisotopic (exact) mass is 203 g/mol. The minimum absolute atomic E-state index is 0.117. The molecule has 2 unspecified atom stereocenters. The van der Waals surface area contributed by atoms with Crippen molar-refractivity contribution < 1.29 is 4.74 Å². The van der Waals surface area contributed by atoms with Crippen molar-refractivity contribution >= 4 is 0 Å². The third-order valence-corrected chi connectivity index (χ3v) is 2.84. The van der Waals surface area contributed by atoms with Gasteiger partial charge in [-0.3, -0.25) is 0 Å². The van der Waals surface area contributed by atoms with Gasteiger partial charge in [-0.25, -0.2) is 0 Å². The van der Waals surface area contributed by atoms with Crippen molar-refractivity contribution in [2.24, 2.45) is 5.73 Å². The highest BCUT2D eigenvalue weighted by Gasteiger charge is 2.28. The van der Waals surface area contributed by atoms with Gasteiger partial charge in [0.1, 0.15) is 5.75 Å². The predicted octanol–water partition coefficient (Wildman–Crippen LogP) is 2.46. The van der Waals surface area contributed by atoms with E-state index in [4.69, 9.17) is 10.5 Å². The summed E-state index contributed by atoms with van der Waals surface area (Å²) in [5.41, 5.74) is 8.53.